The fourth-order valence-electron chi connectivity index (χ4n) is 2.37. The van der Waals surface area contributed by atoms with Crippen molar-refractivity contribution < 1.29 is 14.3 Å². The molecule has 1 aromatic carbocycles. The summed E-state index contributed by atoms with van der Waals surface area (Å²) in [5.41, 5.74) is -1.02. The third-order valence-corrected chi connectivity index (χ3v) is 3.36. The molecule has 1 atom stereocenters. The van der Waals surface area contributed by atoms with E-state index in [0.29, 0.717) is 24.9 Å². The lowest BCUT2D eigenvalue weighted by Gasteiger charge is -2.29. The second kappa shape index (κ2) is 5.11. The Morgan fingerprint density at radius 3 is 2.63 bits per heavy atom. The lowest BCUT2D eigenvalue weighted by Crippen LogP contribution is -2.52. The highest BCUT2D eigenvalue weighted by molar-refractivity contribution is 5.99. The summed E-state index contributed by atoms with van der Waals surface area (Å²) in [5, 5.41) is 9.34. The number of likely N-dealkylation sites (tertiary alicyclic amines) is 1. The van der Waals surface area contributed by atoms with Crippen LogP contribution in [0.1, 0.15) is 23.2 Å². The summed E-state index contributed by atoms with van der Waals surface area (Å²) in [7, 11) is 1.23. The van der Waals surface area contributed by atoms with Crippen LogP contribution in [0.15, 0.2) is 30.3 Å². The molecule has 1 amide bonds. The summed E-state index contributed by atoms with van der Waals surface area (Å²) in [6.07, 6.45) is 0.927. The van der Waals surface area contributed by atoms with Gasteiger partial charge in [0.25, 0.3) is 5.91 Å². The van der Waals surface area contributed by atoms with Gasteiger partial charge in [-0.05, 0) is 25.0 Å². The van der Waals surface area contributed by atoms with E-state index in [1.165, 1.54) is 12.0 Å². The van der Waals surface area contributed by atoms with Crippen LogP contribution in [0.5, 0.6) is 0 Å². The number of carbonyl (C=O) groups is 2. The Hall–Kier alpha value is -2.35. The Labute approximate surface area is 111 Å². The molecule has 1 fully saturated rings. The third kappa shape index (κ3) is 2.06. The molecule has 1 aliphatic rings. The molecule has 0 spiro atoms. The normalized spacial score (nSPS) is 21.8. The molecule has 1 saturated heterocycles. The molecule has 0 N–H and O–H groups in total. The van der Waals surface area contributed by atoms with E-state index in [4.69, 9.17) is 0 Å². The van der Waals surface area contributed by atoms with Crippen molar-refractivity contribution in [2.24, 2.45) is 0 Å². The van der Waals surface area contributed by atoms with E-state index in [9.17, 15) is 14.9 Å². The topological polar surface area (TPSA) is 70.4 Å². The molecule has 0 aromatic heterocycles. The van der Waals surface area contributed by atoms with E-state index < -0.39 is 11.5 Å². The molecule has 0 bridgehead atoms. The Morgan fingerprint density at radius 1 is 1.37 bits per heavy atom. The van der Waals surface area contributed by atoms with Crippen molar-refractivity contribution in [3.8, 4) is 6.07 Å². The van der Waals surface area contributed by atoms with Gasteiger partial charge in [0.15, 0.2) is 0 Å². The van der Waals surface area contributed by atoms with Crippen molar-refractivity contribution in [1.29, 1.82) is 5.26 Å². The standard InChI is InChI=1S/C14H14N2O3/c1-19-13(18)14(10-15)8-5-9-16(14)12(17)11-6-3-2-4-7-11/h2-4,6-7H,5,8-9H2,1H3. The summed E-state index contributed by atoms with van der Waals surface area (Å²) < 4.78 is 4.69. The van der Waals surface area contributed by atoms with E-state index in [-0.39, 0.29) is 5.91 Å². The highest BCUT2D eigenvalue weighted by atomic mass is 16.5. The number of amides is 1. The van der Waals surface area contributed by atoms with Gasteiger partial charge in [-0.25, -0.2) is 4.79 Å². The Kier molecular flexibility index (Phi) is 3.52. The number of hydrogen-bond acceptors (Lipinski definition) is 4. The molecule has 0 aliphatic carbocycles. The molecule has 5 nitrogen and oxygen atoms in total. The number of nitrogens with zero attached hydrogens (tertiary/aromatic N) is 2. The van der Waals surface area contributed by atoms with E-state index in [1.807, 2.05) is 6.07 Å². The van der Waals surface area contributed by atoms with Crippen LogP contribution in [0.3, 0.4) is 0 Å². The van der Waals surface area contributed by atoms with Gasteiger partial charge in [0.2, 0.25) is 5.54 Å². The first-order chi connectivity index (χ1) is 9.15. The average Bonchev–Trinajstić information content (AvgIpc) is 2.91. The largest absolute Gasteiger partial charge is 0.466 e. The zero-order valence-electron chi connectivity index (χ0n) is 10.6. The molecule has 2 rings (SSSR count). The van der Waals surface area contributed by atoms with Crippen molar-refractivity contribution in [2.75, 3.05) is 13.7 Å². The van der Waals surface area contributed by atoms with Crippen LogP contribution in [-0.4, -0.2) is 36.0 Å². The van der Waals surface area contributed by atoms with Gasteiger partial charge in [0.1, 0.15) is 6.07 Å². The number of methoxy groups -OCH3 is 1. The molecule has 98 valence electrons. The summed E-state index contributed by atoms with van der Waals surface area (Å²) in [4.78, 5) is 25.6. The maximum Gasteiger partial charge on any atom is 0.346 e. The Balaban J connectivity index is 2.36. The van der Waals surface area contributed by atoms with E-state index in [0.717, 1.165) is 0 Å². The predicted molar refractivity (Wildman–Crippen MR) is 67.1 cm³/mol. The van der Waals surface area contributed by atoms with Gasteiger partial charge in [0, 0.05) is 12.1 Å². The Morgan fingerprint density at radius 2 is 2.05 bits per heavy atom. The molecule has 1 heterocycles. The van der Waals surface area contributed by atoms with Crippen molar-refractivity contribution in [2.45, 2.75) is 18.4 Å². The molecular formula is C14H14N2O3. The van der Waals surface area contributed by atoms with Crippen LogP contribution in [0.4, 0.5) is 0 Å². The lowest BCUT2D eigenvalue weighted by molar-refractivity contribution is -0.148. The molecule has 5 heteroatoms. The van der Waals surface area contributed by atoms with E-state index in [2.05, 4.69) is 4.74 Å². The van der Waals surface area contributed by atoms with Gasteiger partial charge in [0.05, 0.1) is 7.11 Å². The van der Waals surface area contributed by atoms with Crippen LogP contribution >= 0.6 is 0 Å². The van der Waals surface area contributed by atoms with Crippen molar-refractivity contribution >= 4 is 11.9 Å². The SMILES string of the molecule is COC(=O)C1(C#N)CCCN1C(=O)c1ccccc1. The van der Waals surface area contributed by atoms with Crippen LogP contribution in [0.25, 0.3) is 0 Å². The minimum atomic E-state index is -1.48. The first-order valence-corrected chi connectivity index (χ1v) is 6.02. The number of hydrogen-bond donors (Lipinski definition) is 0. The minimum absolute atomic E-state index is 0.314. The van der Waals surface area contributed by atoms with Crippen LogP contribution in [0, 0.1) is 11.3 Å². The second-order valence-corrected chi connectivity index (χ2v) is 4.39. The fraction of sp³-hybridized carbons (Fsp3) is 0.357. The second-order valence-electron chi connectivity index (χ2n) is 4.39. The van der Waals surface area contributed by atoms with Gasteiger partial charge < -0.3 is 9.64 Å². The monoisotopic (exact) mass is 258 g/mol. The molecule has 0 radical (unpaired) electrons. The lowest BCUT2D eigenvalue weighted by atomic mass is 9.97. The van der Waals surface area contributed by atoms with Gasteiger partial charge in [-0.2, -0.15) is 5.26 Å². The zero-order chi connectivity index (χ0) is 13.9. The highest BCUT2D eigenvalue weighted by Crippen LogP contribution is 2.31. The first kappa shape index (κ1) is 13.1. The summed E-state index contributed by atoms with van der Waals surface area (Å²) in [6.45, 7) is 0.385. The van der Waals surface area contributed by atoms with Crippen LogP contribution in [-0.2, 0) is 9.53 Å². The molecule has 1 unspecified atom stereocenters. The van der Waals surface area contributed by atoms with Crippen molar-refractivity contribution in [3.05, 3.63) is 35.9 Å². The number of benzene rings is 1. The van der Waals surface area contributed by atoms with Crippen LogP contribution < -0.4 is 0 Å². The number of ether oxygens (including phenoxy) is 1. The summed E-state index contributed by atoms with van der Waals surface area (Å²) in [6, 6.07) is 10.6. The summed E-state index contributed by atoms with van der Waals surface area (Å²) in [5.74, 6) is -0.984. The maximum absolute atomic E-state index is 12.4. The quantitative estimate of drug-likeness (QED) is 0.751. The van der Waals surface area contributed by atoms with Crippen molar-refractivity contribution in [3.63, 3.8) is 0 Å². The van der Waals surface area contributed by atoms with E-state index >= 15 is 0 Å². The number of esters is 1. The Bertz CT molecular complexity index is 535. The summed E-state index contributed by atoms with van der Waals surface area (Å²) >= 11 is 0. The molecular weight excluding hydrogens is 244 g/mol. The minimum Gasteiger partial charge on any atom is -0.466 e. The molecule has 0 saturated carbocycles. The average molecular weight is 258 g/mol. The predicted octanol–water partition coefficient (Wildman–Crippen LogP) is 1.36. The highest BCUT2D eigenvalue weighted by Gasteiger charge is 2.51. The van der Waals surface area contributed by atoms with Gasteiger partial charge in [-0.3, -0.25) is 4.79 Å². The molecule has 19 heavy (non-hydrogen) atoms. The smallest absolute Gasteiger partial charge is 0.346 e. The van der Waals surface area contributed by atoms with E-state index in [1.54, 1.807) is 30.3 Å². The molecule has 1 aromatic rings. The van der Waals surface area contributed by atoms with Crippen LogP contribution in [0.2, 0.25) is 0 Å². The maximum atomic E-state index is 12.4. The number of carbonyl (C=O) groups excluding carboxylic acids is 2. The van der Waals surface area contributed by atoms with Gasteiger partial charge in [-0.1, -0.05) is 18.2 Å². The number of nitriles is 1. The zero-order valence-corrected chi connectivity index (χ0v) is 10.6. The first-order valence-electron chi connectivity index (χ1n) is 6.02. The van der Waals surface area contributed by atoms with Crippen molar-refractivity contribution in [1.82, 2.24) is 4.90 Å². The van der Waals surface area contributed by atoms with Gasteiger partial charge in [-0.15, -0.1) is 0 Å². The number of rotatable bonds is 2. The van der Waals surface area contributed by atoms with Gasteiger partial charge >= 0.3 is 5.97 Å². The third-order valence-electron chi connectivity index (χ3n) is 3.36. The molecule has 1 aliphatic heterocycles. The fourth-order valence-corrected chi connectivity index (χ4v) is 2.37.